The summed E-state index contributed by atoms with van der Waals surface area (Å²) < 4.78 is 12.9. The number of hydrogen-bond donors (Lipinski definition) is 2. The molecule has 1 aromatic rings. The number of urea groups is 1. The Labute approximate surface area is 122 Å². The van der Waals surface area contributed by atoms with Gasteiger partial charge in [0.15, 0.2) is 0 Å². The minimum Gasteiger partial charge on any atom is -0.347 e. The molecule has 1 aliphatic rings. The lowest BCUT2D eigenvalue weighted by atomic mass is 10.2. The van der Waals surface area contributed by atoms with E-state index in [1.807, 2.05) is 0 Å². The number of benzene rings is 1. The number of nitrogens with zero attached hydrogens (tertiary/aromatic N) is 2. The van der Waals surface area contributed by atoms with Crippen LogP contribution in [0.1, 0.15) is 0 Å². The van der Waals surface area contributed by atoms with Crippen LogP contribution in [0.25, 0.3) is 0 Å². The summed E-state index contributed by atoms with van der Waals surface area (Å²) in [7, 11) is 3.32. The minimum absolute atomic E-state index is 0.128. The Morgan fingerprint density at radius 3 is 2.62 bits per heavy atom. The molecule has 0 bridgehead atoms. The number of amides is 3. The van der Waals surface area contributed by atoms with E-state index in [4.69, 9.17) is 0 Å². The number of rotatable bonds is 2. The molecular weight excluding hydrogens is 275 g/mol. The first-order chi connectivity index (χ1) is 9.99. The molecule has 21 heavy (non-hydrogen) atoms. The summed E-state index contributed by atoms with van der Waals surface area (Å²) in [6.45, 7) is 1.50. The van der Waals surface area contributed by atoms with E-state index in [1.165, 1.54) is 34.1 Å². The standard InChI is InChI=1S/C14H19FN4O2/c1-18(2)13(20)12-9-16-7-8-19(12)14(21)17-11-5-3-10(15)4-6-11/h3-6,12,16H,7-9H2,1-2H3,(H,17,21). The number of carbonyl (C=O) groups is 2. The zero-order chi connectivity index (χ0) is 15.4. The van der Waals surface area contributed by atoms with Crippen LogP contribution in [0.5, 0.6) is 0 Å². The predicted molar refractivity (Wildman–Crippen MR) is 77.5 cm³/mol. The normalized spacial score (nSPS) is 18.2. The fourth-order valence-corrected chi connectivity index (χ4v) is 2.19. The fourth-order valence-electron chi connectivity index (χ4n) is 2.19. The third-order valence-corrected chi connectivity index (χ3v) is 3.33. The SMILES string of the molecule is CN(C)C(=O)C1CNCCN1C(=O)Nc1ccc(F)cc1. The smallest absolute Gasteiger partial charge is 0.322 e. The lowest BCUT2D eigenvalue weighted by Crippen LogP contribution is -2.60. The molecule has 1 heterocycles. The zero-order valence-corrected chi connectivity index (χ0v) is 12.1. The number of likely N-dealkylation sites (N-methyl/N-ethyl adjacent to an activating group) is 1. The number of nitrogens with one attached hydrogen (secondary N) is 2. The second kappa shape index (κ2) is 6.53. The molecule has 2 N–H and O–H groups in total. The van der Waals surface area contributed by atoms with Crippen LogP contribution in [0.15, 0.2) is 24.3 Å². The van der Waals surface area contributed by atoms with Crippen molar-refractivity contribution in [1.29, 1.82) is 0 Å². The first kappa shape index (κ1) is 15.2. The highest BCUT2D eigenvalue weighted by atomic mass is 19.1. The highest BCUT2D eigenvalue weighted by Crippen LogP contribution is 2.12. The molecule has 7 heteroatoms. The monoisotopic (exact) mass is 294 g/mol. The van der Waals surface area contributed by atoms with Gasteiger partial charge in [-0.3, -0.25) is 4.79 Å². The molecule has 0 aromatic heterocycles. The lowest BCUT2D eigenvalue weighted by Gasteiger charge is -2.36. The molecule has 114 valence electrons. The lowest BCUT2D eigenvalue weighted by molar-refractivity contribution is -0.133. The molecule has 0 spiro atoms. The highest BCUT2D eigenvalue weighted by molar-refractivity contribution is 5.94. The first-order valence-corrected chi connectivity index (χ1v) is 6.74. The van der Waals surface area contributed by atoms with Crippen LogP contribution >= 0.6 is 0 Å². The van der Waals surface area contributed by atoms with Crippen LogP contribution in [0, 0.1) is 5.82 Å². The summed E-state index contributed by atoms with van der Waals surface area (Å²) >= 11 is 0. The molecule has 6 nitrogen and oxygen atoms in total. The molecule has 1 saturated heterocycles. The van der Waals surface area contributed by atoms with Crippen LogP contribution in [0.3, 0.4) is 0 Å². The zero-order valence-electron chi connectivity index (χ0n) is 12.1. The van der Waals surface area contributed by atoms with Gasteiger partial charge in [0.05, 0.1) is 0 Å². The van der Waals surface area contributed by atoms with E-state index in [0.29, 0.717) is 25.3 Å². The van der Waals surface area contributed by atoms with E-state index in [9.17, 15) is 14.0 Å². The molecule has 1 atom stereocenters. The van der Waals surface area contributed by atoms with Gasteiger partial charge in [-0.25, -0.2) is 9.18 Å². The van der Waals surface area contributed by atoms with Gasteiger partial charge in [-0.2, -0.15) is 0 Å². The van der Waals surface area contributed by atoms with Crippen molar-refractivity contribution in [3.63, 3.8) is 0 Å². The molecule has 1 unspecified atom stereocenters. The van der Waals surface area contributed by atoms with Crippen LogP contribution in [-0.2, 0) is 4.79 Å². The number of carbonyl (C=O) groups excluding carboxylic acids is 2. The topological polar surface area (TPSA) is 64.7 Å². The molecule has 3 amide bonds. The maximum absolute atomic E-state index is 12.9. The molecule has 2 rings (SSSR count). The quantitative estimate of drug-likeness (QED) is 0.845. The van der Waals surface area contributed by atoms with Crippen LogP contribution in [-0.4, -0.2) is 61.5 Å². The molecule has 0 saturated carbocycles. The van der Waals surface area contributed by atoms with Gasteiger partial charge in [0.2, 0.25) is 5.91 Å². The maximum atomic E-state index is 12.9. The van der Waals surface area contributed by atoms with Gasteiger partial charge < -0.3 is 20.4 Å². The van der Waals surface area contributed by atoms with E-state index in [0.717, 1.165) is 0 Å². The van der Waals surface area contributed by atoms with Gasteiger partial charge in [-0.15, -0.1) is 0 Å². The second-order valence-electron chi connectivity index (χ2n) is 5.08. The van der Waals surface area contributed by atoms with Crippen molar-refractivity contribution in [2.24, 2.45) is 0 Å². The number of halogens is 1. The van der Waals surface area contributed by atoms with Gasteiger partial charge in [0.25, 0.3) is 0 Å². The first-order valence-electron chi connectivity index (χ1n) is 6.74. The third-order valence-electron chi connectivity index (χ3n) is 3.33. The predicted octanol–water partition coefficient (Wildman–Crippen LogP) is 0.720. The summed E-state index contributed by atoms with van der Waals surface area (Å²) in [4.78, 5) is 27.4. The molecule has 1 fully saturated rings. The molecule has 1 aromatic carbocycles. The van der Waals surface area contributed by atoms with Gasteiger partial charge in [-0.05, 0) is 24.3 Å². The fraction of sp³-hybridized carbons (Fsp3) is 0.429. The van der Waals surface area contributed by atoms with Crippen molar-refractivity contribution < 1.29 is 14.0 Å². The summed E-state index contributed by atoms with van der Waals surface area (Å²) in [5.41, 5.74) is 0.496. The third kappa shape index (κ3) is 3.69. The Morgan fingerprint density at radius 1 is 1.33 bits per heavy atom. The van der Waals surface area contributed by atoms with E-state index >= 15 is 0 Å². The Bertz CT molecular complexity index is 518. The van der Waals surface area contributed by atoms with Crippen LogP contribution < -0.4 is 10.6 Å². The minimum atomic E-state index is -0.533. The van der Waals surface area contributed by atoms with E-state index in [1.54, 1.807) is 14.1 Å². The summed E-state index contributed by atoms with van der Waals surface area (Å²) in [6, 6.07) is 4.62. The van der Waals surface area contributed by atoms with Gasteiger partial charge in [-0.1, -0.05) is 0 Å². The van der Waals surface area contributed by atoms with E-state index in [-0.39, 0.29) is 17.8 Å². The molecule has 0 radical (unpaired) electrons. The van der Waals surface area contributed by atoms with Crippen molar-refractivity contribution in [3.05, 3.63) is 30.1 Å². The average molecular weight is 294 g/mol. The number of anilines is 1. The molecule has 0 aliphatic carbocycles. The Morgan fingerprint density at radius 2 is 2.00 bits per heavy atom. The van der Waals surface area contributed by atoms with Crippen LogP contribution in [0.4, 0.5) is 14.9 Å². The Balaban J connectivity index is 2.08. The largest absolute Gasteiger partial charge is 0.347 e. The van der Waals surface area contributed by atoms with Crippen molar-refractivity contribution in [2.45, 2.75) is 6.04 Å². The van der Waals surface area contributed by atoms with Crippen molar-refractivity contribution in [1.82, 2.24) is 15.1 Å². The van der Waals surface area contributed by atoms with Crippen molar-refractivity contribution in [2.75, 3.05) is 39.0 Å². The average Bonchev–Trinajstić information content (AvgIpc) is 2.48. The molecular formula is C14H19FN4O2. The summed E-state index contributed by atoms with van der Waals surface area (Å²) in [5.74, 6) is -0.493. The Kier molecular flexibility index (Phi) is 4.74. The summed E-state index contributed by atoms with van der Waals surface area (Å²) in [5, 5.41) is 5.79. The van der Waals surface area contributed by atoms with E-state index in [2.05, 4.69) is 10.6 Å². The highest BCUT2D eigenvalue weighted by Gasteiger charge is 2.33. The van der Waals surface area contributed by atoms with Crippen LogP contribution in [0.2, 0.25) is 0 Å². The number of piperazine rings is 1. The van der Waals surface area contributed by atoms with Gasteiger partial charge in [0.1, 0.15) is 11.9 Å². The van der Waals surface area contributed by atoms with Gasteiger partial charge in [0, 0.05) is 39.4 Å². The Hall–Kier alpha value is -2.15. The second-order valence-corrected chi connectivity index (χ2v) is 5.08. The van der Waals surface area contributed by atoms with Gasteiger partial charge >= 0.3 is 6.03 Å². The number of hydrogen-bond acceptors (Lipinski definition) is 3. The maximum Gasteiger partial charge on any atom is 0.322 e. The van der Waals surface area contributed by atoms with Crippen molar-refractivity contribution >= 4 is 17.6 Å². The van der Waals surface area contributed by atoms with E-state index < -0.39 is 6.04 Å². The molecule has 1 aliphatic heterocycles. The summed E-state index contributed by atoms with van der Waals surface area (Å²) in [6.07, 6.45) is 0. The van der Waals surface area contributed by atoms with Crippen molar-refractivity contribution in [3.8, 4) is 0 Å².